The van der Waals surface area contributed by atoms with Crippen molar-refractivity contribution in [3.63, 3.8) is 0 Å². The Bertz CT molecular complexity index is 861. The van der Waals surface area contributed by atoms with Crippen LogP contribution in [0.2, 0.25) is 0 Å². The van der Waals surface area contributed by atoms with Gasteiger partial charge in [0.2, 0.25) is 0 Å². The Hall–Kier alpha value is -2.75. The molecule has 0 aliphatic rings. The number of ketones is 1. The molecule has 23 heavy (non-hydrogen) atoms. The smallest absolute Gasteiger partial charge is 0.134 e. The highest BCUT2D eigenvalue weighted by molar-refractivity contribution is 5.83. The molecule has 2 aromatic carbocycles. The second-order valence-electron chi connectivity index (χ2n) is 5.50. The number of aromatic nitrogens is 1. The second-order valence-corrected chi connectivity index (χ2v) is 5.50. The van der Waals surface area contributed by atoms with Gasteiger partial charge in [-0.05, 0) is 48.4 Å². The highest BCUT2D eigenvalue weighted by atomic mass is 19.1. The Morgan fingerprint density at radius 2 is 2.00 bits per heavy atom. The molecule has 0 aliphatic heterocycles. The van der Waals surface area contributed by atoms with E-state index in [-0.39, 0.29) is 11.6 Å². The molecule has 116 valence electrons. The zero-order chi connectivity index (χ0) is 16.2. The molecule has 3 nitrogen and oxygen atoms in total. The Morgan fingerprint density at radius 3 is 2.78 bits per heavy atom. The maximum Gasteiger partial charge on any atom is 0.134 e. The lowest BCUT2D eigenvalue weighted by molar-refractivity contribution is -0.116. The third kappa shape index (κ3) is 3.92. The molecule has 4 heteroatoms. The van der Waals surface area contributed by atoms with Crippen LogP contribution in [0.1, 0.15) is 18.1 Å². The number of carbonyl (C=O) groups is 1. The molecule has 1 heterocycles. The summed E-state index contributed by atoms with van der Waals surface area (Å²) in [4.78, 5) is 15.5. The van der Waals surface area contributed by atoms with Gasteiger partial charge >= 0.3 is 0 Å². The first kappa shape index (κ1) is 15.2. The second kappa shape index (κ2) is 6.57. The largest absolute Gasteiger partial charge is 0.489 e. The van der Waals surface area contributed by atoms with E-state index >= 15 is 0 Å². The summed E-state index contributed by atoms with van der Waals surface area (Å²) in [5.41, 5.74) is 2.47. The minimum absolute atomic E-state index is 0.112. The lowest BCUT2D eigenvalue weighted by Gasteiger charge is -2.08. The molecule has 0 aliphatic carbocycles. The number of benzene rings is 2. The highest BCUT2D eigenvalue weighted by Gasteiger charge is 2.03. The maximum atomic E-state index is 13.1. The van der Waals surface area contributed by atoms with Crippen molar-refractivity contribution in [3.05, 3.63) is 71.7 Å². The van der Waals surface area contributed by atoms with Crippen LogP contribution in [-0.2, 0) is 17.8 Å². The van der Waals surface area contributed by atoms with Crippen LogP contribution in [0.25, 0.3) is 10.9 Å². The van der Waals surface area contributed by atoms with Crippen molar-refractivity contribution >= 4 is 16.7 Å². The fraction of sp³-hybridized carbons (Fsp3) is 0.158. The predicted octanol–water partition coefficient (Wildman–Crippen LogP) is 4.08. The van der Waals surface area contributed by atoms with Crippen LogP contribution in [0.3, 0.4) is 0 Å². The molecule has 0 bridgehead atoms. The normalized spacial score (nSPS) is 10.7. The lowest BCUT2D eigenvalue weighted by Crippen LogP contribution is -1.98. The molecule has 3 aromatic rings. The van der Waals surface area contributed by atoms with Crippen LogP contribution in [0.15, 0.2) is 54.7 Å². The molecule has 0 atom stereocenters. The van der Waals surface area contributed by atoms with Crippen LogP contribution in [0.4, 0.5) is 4.39 Å². The number of hydrogen-bond acceptors (Lipinski definition) is 3. The van der Waals surface area contributed by atoms with E-state index in [1.54, 1.807) is 19.2 Å². The molecule has 0 amide bonds. The van der Waals surface area contributed by atoms with E-state index in [1.165, 1.54) is 12.1 Å². The summed E-state index contributed by atoms with van der Waals surface area (Å²) in [5.74, 6) is 0.513. The third-order valence-corrected chi connectivity index (χ3v) is 3.46. The van der Waals surface area contributed by atoms with Gasteiger partial charge in [0.1, 0.15) is 24.0 Å². The number of carbonyl (C=O) groups excluding carboxylic acids is 1. The SMILES string of the molecule is CC(=O)Cc1cnc2cc(OCc3cccc(F)c3)ccc2c1. The summed E-state index contributed by atoms with van der Waals surface area (Å²) in [6, 6.07) is 13.9. The molecule has 0 spiro atoms. The summed E-state index contributed by atoms with van der Waals surface area (Å²) in [6.45, 7) is 1.86. The van der Waals surface area contributed by atoms with Gasteiger partial charge in [-0.3, -0.25) is 9.78 Å². The predicted molar refractivity (Wildman–Crippen MR) is 86.9 cm³/mol. The molecule has 0 unspecified atom stereocenters. The summed E-state index contributed by atoms with van der Waals surface area (Å²) < 4.78 is 18.8. The number of fused-ring (bicyclic) bond motifs is 1. The fourth-order valence-electron chi connectivity index (χ4n) is 2.41. The van der Waals surface area contributed by atoms with Gasteiger partial charge < -0.3 is 4.74 Å². The Kier molecular flexibility index (Phi) is 4.33. The van der Waals surface area contributed by atoms with E-state index in [0.717, 1.165) is 22.0 Å². The van der Waals surface area contributed by atoms with Crippen LogP contribution in [0, 0.1) is 5.82 Å². The lowest BCUT2D eigenvalue weighted by atomic mass is 10.1. The van der Waals surface area contributed by atoms with E-state index < -0.39 is 0 Å². The van der Waals surface area contributed by atoms with Crippen LogP contribution in [-0.4, -0.2) is 10.8 Å². The van der Waals surface area contributed by atoms with E-state index in [9.17, 15) is 9.18 Å². The third-order valence-electron chi connectivity index (χ3n) is 3.46. The van der Waals surface area contributed by atoms with Crippen molar-refractivity contribution in [1.29, 1.82) is 0 Å². The van der Waals surface area contributed by atoms with E-state index in [4.69, 9.17) is 4.74 Å². The quantitative estimate of drug-likeness (QED) is 0.713. The molecule has 0 N–H and O–H groups in total. The standard InChI is InChI=1S/C19H16FNO2/c1-13(22)7-15-8-16-5-6-18(10-19(16)21-11-15)23-12-14-3-2-4-17(20)9-14/h2-6,8-11H,7,12H2,1H3. The molecule has 0 fully saturated rings. The number of pyridine rings is 1. The molecule has 0 saturated carbocycles. The maximum absolute atomic E-state index is 13.1. The number of halogens is 1. The van der Waals surface area contributed by atoms with Crippen molar-refractivity contribution in [1.82, 2.24) is 4.98 Å². The van der Waals surface area contributed by atoms with Gasteiger partial charge in [-0.25, -0.2) is 4.39 Å². The summed E-state index contributed by atoms with van der Waals surface area (Å²) in [6.07, 6.45) is 2.10. The number of ether oxygens (including phenoxy) is 1. The first-order chi connectivity index (χ1) is 11.1. The van der Waals surface area contributed by atoms with Gasteiger partial charge in [-0.15, -0.1) is 0 Å². The van der Waals surface area contributed by atoms with E-state index in [1.807, 2.05) is 30.3 Å². The molecular formula is C19H16FNO2. The fourth-order valence-corrected chi connectivity index (χ4v) is 2.41. The van der Waals surface area contributed by atoms with E-state index in [0.29, 0.717) is 18.8 Å². The summed E-state index contributed by atoms with van der Waals surface area (Å²) in [7, 11) is 0. The van der Waals surface area contributed by atoms with Crippen molar-refractivity contribution in [2.24, 2.45) is 0 Å². The molecular weight excluding hydrogens is 293 g/mol. The molecule has 0 radical (unpaired) electrons. The van der Waals surface area contributed by atoms with Crippen molar-refractivity contribution in [2.45, 2.75) is 20.0 Å². The Morgan fingerprint density at radius 1 is 1.13 bits per heavy atom. The van der Waals surface area contributed by atoms with Crippen molar-refractivity contribution < 1.29 is 13.9 Å². The van der Waals surface area contributed by atoms with Gasteiger partial charge in [-0.1, -0.05) is 12.1 Å². The van der Waals surface area contributed by atoms with Crippen molar-refractivity contribution in [3.8, 4) is 5.75 Å². The summed E-state index contributed by atoms with van der Waals surface area (Å²) in [5, 5.41) is 0.960. The van der Waals surface area contributed by atoms with Gasteiger partial charge in [0, 0.05) is 24.1 Å². The average Bonchev–Trinajstić information content (AvgIpc) is 2.52. The van der Waals surface area contributed by atoms with Gasteiger partial charge in [-0.2, -0.15) is 0 Å². The average molecular weight is 309 g/mol. The van der Waals surface area contributed by atoms with Gasteiger partial charge in [0.15, 0.2) is 0 Å². The number of nitrogens with zero attached hydrogens (tertiary/aromatic N) is 1. The zero-order valence-corrected chi connectivity index (χ0v) is 12.8. The van der Waals surface area contributed by atoms with Crippen LogP contribution >= 0.6 is 0 Å². The topological polar surface area (TPSA) is 39.2 Å². The molecule has 0 saturated heterocycles. The molecule has 1 aromatic heterocycles. The zero-order valence-electron chi connectivity index (χ0n) is 12.8. The van der Waals surface area contributed by atoms with Crippen LogP contribution < -0.4 is 4.74 Å². The Balaban J connectivity index is 1.76. The first-order valence-corrected chi connectivity index (χ1v) is 7.35. The minimum atomic E-state index is -0.274. The number of Topliss-reactive ketones (excluding diaryl/α,β-unsaturated/α-hetero) is 1. The Labute approximate surface area is 133 Å². The number of rotatable bonds is 5. The molecule has 3 rings (SSSR count). The summed E-state index contributed by atoms with van der Waals surface area (Å²) >= 11 is 0. The minimum Gasteiger partial charge on any atom is -0.489 e. The number of hydrogen-bond donors (Lipinski definition) is 0. The van der Waals surface area contributed by atoms with Gasteiger partial charge in [0.05, 0.1) is 5.52 Å². The van der Waals surface area contributed by atoms with Gasteiger partial charge in [0.25, 0.3) is 0 Å². The monoisotopic (exact) mass is 309 g/mol. The first-order valence-electron chi connectivity index (χ1n) is 7.35. The van der Waals surface area contributed by atoms with E-state index in [2.05, 4.69) is 4.98 Å². The highest BCUT2D eigenvalue weighted by Crippen LogP contribution is 2.21. The van der Waals surface area contributed by atoms with Crippen LogP contribution in [0.5, 0.6) is 5.75 Å². The van der Waals surface area contributed by atoms with Crippen molar-refractivity contribution in [2.75, 3.05) is 0 Å².